The highest BCUT2D eigenvalue weighted by molar-refractivity contribution is 8.00. The van der Waals surface area contributed by atoms with Gasteiger partial charge in [0.2, 0.25) is 5.91 Å². The highest BCUT2D eigenvalue weighted by atomic mass is 32.2. The Bertz CT molecular complexity index is 1130. The van der Waals surface area contributed by atoms with Crippen LogP contribution in [0.4, 0.5) is 15.8 Å². The number of hydrogen-bond donors (Lipinski definition) is 1. The minimum absolute atomic E-state index is 0.0613. The Morgan fingerprint density at radius 2 is 1.87 bits per heavy atom. The Hall–Kier alpha value is -3.12. The minimum atomic E-state index is -0.457. The van der Waals surface area contributed by atoms with Crippen molar-refractivity contribution in [3.63, 3.8) is 0 Å². The number of amides is 2. The minimum Gasteiger partial charge on any atom is -0.322 e. The van der Waals surface area contributed by atoms with Crippen LogP contribution in [0.2, 0.25) is 0 Å². The number of hydrogen-bond acceptors (Lipinski definition) is 3. The van der Waals surface area contributed by atoms with Gasteiger partial charge >= 0.3 is 0 Å². The maximum Gasteiger partial charge on any atom is 0.255 e. The Morgan fingerprint density at radius 3 is 2.63 bits per heavy atom. The molecule has 1 saturated heterocycles. The fourth-order valence-corrected chi connectivity index (χ4v) is 4.77. The zero-order chi connectivity index (χ0) is 21.3. The van der Waals surface area contributed by atoms with E-state index in [9.17, 15) is 14.0 Å². The van der Waals surface area contributed by atoms with Crippen LogP contribution in [-0.4, -0.2) is 17.6 Å². The monoisotopic (exact) mass is 420 g/mol. The molecule has 0 aliphatic carbocycles. The van der Waals surface area contributed by atoms with Gasteiger partial charge in [0.05, 0.1) is 5.75 Å². The molecule has 4 nitrogen and oxygen atoms in total. The van der Waals surface area contributed by atoms with Crippen molar-refractivity contribution >= 4 is 35.0 Å². The molecule has 0 aromatic heterocycles. The SMILES string of the molecule is Cc1ccc(N2C(=O)CS[C@@H]2c2cccc(NC(=O)c3cccc(F)c3)c2)c(C)c1. The third-order valence-corrected chi connectivity index (χ3v) is 6.21. The third-order valence-electron chi connectivity index (χ3n) is 5.00. The van der Waals surface area contributed by atoms with Crippen LogP contribution in [0, 0.1) is 19.7 Å². The Morgan fingerprint density at radius 1 is 1.07 bits per heavy atom. The van der Waals surface area contributed by atoms with Crippen molar-refractivity contribution in [2.45, 2.75) is 19.2 Å². The molecule has 0 bridgehead atoms. The first kappa shape index (κ1) is 20.2. The zero-order valence-corrected chi connectivity index (χ0v) is 17.5. The summed E-state index contributed by atoms with van der Waals surface area (Å²) in [6, 6.07) is 19.1. The first-order valence-electron chi connectivity index (χ1n) is 9.60. The van der Waals surface area contributed by atoms with E-state index in [2.05, 4.69) is 11.4 Å². The Labute approximate surface area is 179 Å². The summed E-state index contributed by atoms with van der Waals surface area (Å²) in [7, 11) is 0. The lowest BCUT2D eigenvalue weighted by Crippen LogP contribution is -2.28. The van der Waals surface area contributed by atoms with Gasteiger partial charge in [-0.1, -0.05) is 35.9 Å². The van der Waals surface area contributed by atoms with Crippen LogP contribution in [0.15, 0.2) is 66.7 Å². The lowest BCUT2D eigenvalue weighted by atomic mass is 10.1. The number of halogens is 1. The summed E-state index contributed by atoms with van der Waals surface area (Å²) < 4.78 is 13.4. The van der Waals surface area contributed by atoms with Crippen molar-refractivity contribution in [1.29, 1.82) is 0 Å². The quantitative estimate of drug-likeness (QED) is 0.609. The van der Waals surface area contributed by atoms with Crippen molar-refractivity contribution in [2.24, 2.45) is 0 Å². The van der Waals surface area contributed by atoms with E-state index in [0.29, 0.717) is 11.4 Å². The van der Waals surface area contributed by atoms with Crippen LogP contribution in [0.5, 0.6) is 0 Å². The maximum absolute atomic E-state index is 13.4. The van der Waals surface area contributed by atoms with Crippen molar-refractivity contribution in [1.82, 2.24) is 0 Å². The number of nitrogens with zero attached hydrogens (tertiary/aromatic N) is 1. The molecule has 1 aliphatic heterocycles. The molecule has 30 heavy (non-hydrogen) atoms. The molecule has 6 heteroatoms. The largest absolute Gasteiger partial charge is 0.322 e. The van der Waals surface area contributed by atoms with Gasteiger partial charge in [0.25, 0.3) is 5.91 Å². The predicted octanol–water partition coefficient (Wildman–Crippen LogP) is 5.47. The summed E-state index contributed by atoms with van der Waals surface area (Å²) in [4.78, 5) is 27.0. The summed E-state index contributed by atoms with van der Waals surface area (Å²) in [5, 5.41) is 2.64. The number of carbonyl (C=O) groups is 2. The summed E-state index contributed by atoms with van der Waals surface area (Å²) in [6.45, 7) is 4.03. The van der Waals surface area contributed by atoms with E-state index in [-0.39, 0.29) is 22.8 Å². The number of nitrogens with one attached hydrogen (secondary N) is 1. The number of rotatable bonds is 4. The van der Waals surface area contributed by atoms with Gasteiger partial charge in [0, 0.05) is 16.9 Å². The van der Waals surface area contributed by atoms with Crippen LogP contribution < -0.4 is 10.2 Å². The second kappa shape index (κ2) is 8.32. The van der Waals surface area contributed by atoms with E-state index in [1.165, 1.54) is 18.2 Å². The zero-order valence-electron chi connectivity index (χ0n) is 16.7. The second-order valence-electron chi connectivity index (χ2n) is 7.31. The predicted molar refractivity (Wildman–Crippen MR) is 119 cm³/mol. The average molecular weight is 421 g/mol. The summed E-state index contributed by atoms with van der Waals surface area (Å²) >= 11 is 1.56. The van der Waals surface area contributed by atoms with Crippen molar-refractivity contribution in [3.05, 3.63) is 94.8 Å². The Kier molecular flexibility index (Phi) is 5.59. The molecule has 4 rings (SSSR count). The van der Waals surface area contributed by atoms with Crippen molar-refractivity contribution in [3.8, 4) is 0 Å². The lowest BCUT2D eigenvalue weighted by Gasteiger charge is -2.26. The first-order chi connectivity index (χ1) is 14.4. The number of anilines is 2. The van der Waals surface area contributed by atoms with E-state index in [1.807, 2.05) is 49.1 Å². The van der Waals surface area contributed by atoms with Crippen LogP contribution in [-0.2, 0) is 4.79 Å². The smallest absolute Gasteiger partial charge is 0.255 e. The standard InChI is InChI=1S/C24H21FN2O2S/c1-15-9-10-21(16(2)11-15)27-22(28)14-30-24(27)18-6-4-8-20(13-18)26-23(29)17-5-3-7-19(25)12-17/h3-13,24H,14H2,1-2H3,(H,26,29)/t24-/m1/s1. The highest BCUT2D eigenvalue weighted by Gasteiger charge is 2.34. The van der Waals surface area contributed by atoms with Gasteiger partial charge in [-0.25, -0.2) is 4.39 Å². The molecule has 3 aromatic carbocycles. The average Bonchev–Trinajstić information content (AvgIpc) is 3.09. The summed E-state index contributed by atoms with van der Waals surface area (Å²) in [6.07, 6.45) is 0. The van der Waals surface area contributed by atoms with Gasteiger partial charge in [-0.15, -0.1) is 11.8 Å². The van der Waals surface area contributed by atoms with E-state index in [0.717, 1.165) is 22.4 Å². The number of carbonyl (C=O) groups excluding carboxylic acids is 2. The number of thioether (sulfide) groups is 1. The Balaban J connectivity index is 1.61. The van der Waals surface area contributed by atoms with Crippen molar-refractivity contribution < 1.29 is 14.0 Å². The lowest BCUT2D eigenvalue weighted by molar-refractivity contribution is -0.115. The normalized spacial score (nSPS) is 16.0. The van der Waals surface area contributed by atoms with Gasteiger partial charge in [0.1, 0.15) is 11.2 Å². The molecule has 0 radical (unpaired) electrons. The van der Waals surface area contributed by atoms with Crippen molar-refractivity contribution in [2.75, 3.05) is 16.0 Å². The van der Waals surface area contributed by atoms with Gasteiger partial charge in [0.15, 0.2) is 0 Å². The molecule has 0 unspecified atom stereocenters. The van der Waals surface area contributed by atoms with Crippen LogP contribution in [0.1, 0.15) is 32.4 Å². The molecule has 1 atom stereocenters. The van der Waals surface area contributed by atoms with E-state index >= 15 is 0 Å². The third kappa shape index (κ3) is 4.09. The highest BCUT2D eigenvalue weighted by Crippen LogP contribution is 2.43. The number of benzene rings is 3. The van der Waals surface area contributed by atoms with Crippen LogP contribution >= 0.6 is 11.8 Å². The summed E-state index contributed by atoms with van der Waals surface area (Å²) in [5.74, 6) is -0.377. The molecule has 2 amide bonds. The van der Waals surface area contributed by atoms with E-state index in [1.54, 1.807) is 23.9 Å². The fraction of sp³-hybridized carbons (Fsp3) is 0.167. The molecule has 1 fully saturated rings. The second-order valence-corrected chi connectivity index (χ2v) is 8.38. The maximum atomic E-state index is 13.4. The van der Waals surface area contributed by atoms with E-state index < -0.39 is 5.82 Å². The molecule has 1 aliphatic rings. The molecule has 152 valence electrons. The molecular formula is C24H21FN2O2S. The van der Waals surface area contributed by atoms with Gasteiger partial charge in [-0.2, -0.15) is 0 Å². The topological polar surface area (TPSA) is 49.4 Å². The molecular weight excluding hydrogens is 399 g/mol. The fourth-order valence-electron chi connectivity index (χ4n) is 3.61. The molecule has 0 spiro atoms. The van der Waals surface area contributed by atoms with E-state index in [4.69, 9.17) is 0 Å². The van der Waals surface area contributed by atoms with Gasteiger partial charge in [-0.05, 0) is 61.4 Å². The molecule has 1 N–H and O–H groups in total. The summed E-state index contributed by atoms with van der Waals surface area (Å²) in [5.41, 5.74) is 4.86. The number of aryl methyl sites for hydroxylation is 2. The van der Waals surface area contributed by atoms with Crippen LogP contribution in [0.3, 0.4) is 0 Å². The first-order valence-corrected chi connectivity index (χ1v) is 10.6. The van der Waals surface area contributed by atoms with Gasteiger partial charge in [-0.3, -0.25) is 14.5 Å². The van der Waals surface area contributed by atoms with Crippen LogP contribution in [0.25, 0.3) is 0 Å². The molecule has 1 heterocycles. The molecule has 0 saturated carbocycles. The van der Waals surface area contributed by atoms with Gasteiger partial charge < -0.3 is 5.32 Å². The molecule has 3 aromatic rings.